The van der Waals surface area contributed by atoms with Crippen LogP contribution in [0.15, 0.2) is 42.5 Å². The standard InChI is InChI=1S/C14H14N2O2/c1-10(17)8-14(18)16(15)13-7-6-11-4-2-3-5-12(11)9-13/h2-7,9H,8,15H2,1H3. The Morgan fingerprint density at radius 1 is 1.11 bits per heavy atom. The molecule has 0 radical (unpaired) electrons. The van der Waals surface area contributed by atoms with E-state index >= 15 is 0 Å². The summed E-state index contributed by atoms with van der Waals surface area (Å²) in [5.41, 5.74) is 0.583. The lowest BCUT2D eigenvalue weighted by Gasteiger charge is -2.16. The molecule has 18 heavy (non-hydrogen) atoms. The van der Waals surface area contributed by atoms with E-state index in [9.17, 15) is 9.59 Å². The molecule has 2 aromatic rings. The fourth-order valence-electron chi connectivity index (χ4n) is 1.77. The van der Waals surface area contributed by atoms with Gasteiger partial charge in [0.1, 0.15) is 5.78 Å². The van der Waals surface area contributed by atoms with Crippen molar-refractivity contribution in [1.29, 1.82) is 0 Å². The molecule has 2 rings (SSSR count). The molecule has 0 saturated heterocycles. The van der Waals surface area contributed by atoms with Crippen LogP contribution in [0.5, 0.6) is 0 Å². The van der Waals surface area contributed by atoms with Gasteiger partial charge < -0.3 is 0 Å². The van der Waals surface area contributed by atoms with Crippen LogP contribution in [-0.2, 0) is 9.59 Å². The number of carbonyl (C=O) groups is 2. The molecule has 0 aliphatic carbocycles. The highest BCUT2D eigenvalue weighted by Crippen LogP contribution is 2.20. The molecule has 0 spiro atoms. The molecule has 0 atom stereocenters. The number of hydrogen-bond donors (Lipinski definition) is 1. The van der Waals surface area contributed by atoms with Crippen molar-refractivity contribution in [3.63, 3.8) is 0 Å². The molecule has 2 N–H and O–H groups in total. The van der Waals surface area contributed by atoms with Gasteiger partial charge in [-0.2, -0.15) is 0 Å². The molecule has 0 aromatic heterocycles. The lowest BCUT2D eigenvalue weighted by molar-refractivity contribution is -0.125. The first kappa shape index (κ1) is 12.3. The Morgan fingerprint density at radius 2 is 1.78 bits per heavy atom. The van der Waals surface area contributed by atoms with E-state index in [0.29, 0.717) is 5.69 Å². The van der Waals surface area contributed by atoms with Crippen molar-refractivity contribution in [2.75, 3.05) is 5.01 Å². The maximum atomic E-state index is 11.7. The Morgan fingerprint density at radius 3 is 2.44 bits per heavy atom. The molecule has 0 fully saturated rings. The lowest BCUT2D eigenvalue weighted by Crippen LogP contribution is -2.38. The van der Waals surface area contributed by atoms with Crippen LogP contribution in [0, 0.1) is 0 Å². The van der Waals surface area contributed by atoms with Crippen LogP contribution < -0.4 is 10.9 Å². The Hall–Kier alpha value is -2.20. The molecule has 0 bridgehead atoms. The van der Waals surface area contributed by atoms with Crippen LogP contribution in [0.1, 0.15) is 13.3 Å². The number of nitrogens with two attached hydrogens (primary N) is 1. The Labute approximate surface area is 105 Å². The van der Waals surface area contributed by atoms with Gasteiger partial charge in [-0.15, -0.1) is 0 Å². The van der Waals surface area contributed by atoms with Gasteiger partial charge in [-0.3, -0.25) is 9.59 Å². The monoisotopic (exact) mass is 242 g/mol. The first-order valence-electron chi connectivity index (χ1n) is 5.64. The molecule has 4 heteroatoms. The molecule has 4 nitrogen and oxygen atoms in total. The Kier molecular flexibility index (Phi) is 3.39. The highest BCUT2D eigenvalue weighted by atomic mass is 16.2. The number of rotatable bonds is 3. The minimum Gasteiger partial charge on any atom is -0.299 e. The smallest absolute Gasteiger partial charge is 0.248 e. The van der Waals surface area contributed by atoms with Gasteiger partial charge in [0, 0.05) is 0 Å². The van der Waals surface area contributed by atoms with Gasteiger partial charge in [0.2, 0.25) is 5.91 Å². The van der Waals surface area contributed by atoms with E-state index in [4.69, 9.17) is 5.84 Å². The van der Waals surface area contributed by atoms with Crippen LogP contribution in [0.3, 0.4) is 0 Å². The molecule has 0 unspecified atom stereocenters. The third-order valence-corrected chi connectivity index (χ3v) is 2.68. The van der Waals surface area contributed by atoms with E-state index in [1.54, 1.807) is 6.07 Å². The molecule has 92 valence electrons. The normalized spacial score (nSPS) is 10.3. The zero-order valence-corrected chi connectivity index (χ0v) is 10.1. The molecule has 0 saturated carbocycles. The fraction of sp³-hybridized carbons (Fsp3) is 0.143. The molecule has 2 aromatic carbocycles. The van der Waals surface area contributed by atoms with Gasteiger partial charge >= 0.3 is 0 Å². The third-order valence-electron chi connectivity index (χ3n) is 2.68. The average molecular weight is 242 g/mol. The van der Waals surface area contributed by atoms with E-state index in [-0.39, 0.29) is 12.2 Å². The number of fused-ring (bicyclic) bond motifs is 1. The topological polar surface area (TPSA) is 63.4 Å². The number of carbonyl (C=O) groups excluding carboxylic acids is 2. The number of benzene rings is 2. The number of nitrogens with zero attached hydrogens (tertiary/aromatic N) is 1. The van der Waals surface area contributed by atoms with Crippen molar-refractivity contribution in [3.8, 4) is 0 Å². The number of hydrazine groups is 1. The quantitative estimate of drug-likeness (QED) is 0.387. The van der Waals surface area contributed by atoms with E-state index in [0.717, 1.165) is 15.8 Å². The summed E-state index contributed by atoms with van der Waals surface area (Å²) in [6, 6.07) is 13.3. The Balaban J connectivity index is 2.30. The minimum absolute atomic E-state index is 0.177. The van der Waals surface area contributed by atoms with Gasteiger partial charge in [-0.25, -0.2) is 10.9 Å². The van der Waals surface area contributed by atoms with Gasteiger partial charge in [0.05, 0.1) is 12.1 Å². The summed E-state index contributed by atoms with van der Waals surface area (Å²) in [4.78, 5) is 22.6. The van der Waals surface area contributed by atoms with Crippen molar-refractivity contribution in [1.82, 2.24) is 0 Å². The molecular formula is C14H14N2O2. The van der Waals surface area contributed by atoms with Gasteiger partial charge in [0.15, 0.2) is 0 Å². The van der Waals surface area contributed by atoms with Crippen molar-refractivity contribution < 1.29 is 9.59 Å². The van der Waals surface area contributed by atoms with E-state index < -0.39 is 5.91 Å². The summed E-state index contributed by atoms with van der Waals surface area (Å²) in [7, 11) is 0. The van der Waals surface area contributed by atoms with Crippen molar-refractivity contribution in [2.24, 2.45) is 5.84 Å². The van der Waals surface area contributed by atoms with Crippen LogP contribution in [0.2, 0.25) is 0 Å². The number of ketones is 1. The number of Topliss-reactive ketones (excluding diaryl/α,β-unsaturated/α-hetero) is 1. The summed E-state index contributed by atoms with van der Waals surface area (Å²) in [5, 5.41) is 3.10. The third kappa shape index (κ3) is 2.55. The van der Waals surface area contributed by atoms with Crippen molar-refractivity contribution in [2.45, 2.75) is 13.3 Å². The second-order valence-electron chi connectivity index (χ2n) is 4.17. The highest BCUT2D eigenvalue weighted by molar-refractivity contribution is 6.05. The van der Waals surface area contributed by atoms with Crippen LogP contribution in [0.25, 0.3) is 10.8 Å². The first-order chi connectivity index (χ1) is 8.58. The predicted octanol–water partition coefficient (Wildman–Crippen LogP) is 2.03. The molecule has 1 amide bonds. The van der Waals surface area contributed by atoms with Crippen LogP contribution in [-0.4, -0.2) is 11.7 Å². The number of anilines is 1. The summed E-state index contributed by atoms with van der Waals surface area (Å²) < 4.78 is 0. The maximum Gasteiger partial charge on any atom is 0.248 e. The highest BCUT2D eigenvalue weighted by Gasteiger charge is 2.13. The summed E-state index contributed by atoms with van der Waals surface area (Å²) in [6.07, 6.45) is -0.177. The van der Waals surface area contributed by atoms with Gasteiger partial charge in [-0.1, -0.05) is 30.3 Å². The summed E-state index contributed by atoms with van der Waals surface area (Å²) in [6.45, 7) is 1.37. The number of amides is 1. The second kappa shape index (κ2) is 4.98. The largest absolute Gasteiger partial charge is 0.299 e. The van der Waals surface area contributed by atoms with Gasteiger partial charge in [-0.05, 0) is 29.8 Å². The average Bonchev–Trinajstić information content (AvgIpc) is 2.36. The van der Waals surface area contributed by atoms with Gasteiger partial charge in [0.25, 0.3) is 0 Å². The van der Waals surface area contributed by atoms with Crippen LogP contribution >= 0.6 is 0 Å². The number of hydrogen-bond acceptors (Lipinski definition) is 3. The first-order valence-corrected chi connectivity index (χ1v) is 5.64. The fourth-order valence-corrected chi connectivity index (χ4v) is 1.77. The summed E-state index contributed by atoms with van der Waals surface area (Å²) >= 11 is 0. The molecular weight excluding hydrogens is 228 g/mol. The molecule has 0 heterocycles. The van der Waals surface area contributed by atoms with E-state index in [2.05, 4.69) is 0 Å². The second-order valence-corrected chi connectivity index (χ2v) is 4.17. The molecule has 0 aliphatic rings. The SMILES string of the molecule is CC(=O)CC(=O)N(N)c1ccc2ccccc2c1. The Bertz CT molecular complexity index is 608. The van der Waals surface area contributed by atoms with Crippen LogP contribution in [0.4, 0.5) is 5.69 Å². The zero-order valence-electron chi connectivity index (χ0n) is 10.1. The van der Waals surface area contributed by atoms with E-state index in [1.165, 1.54) is 6.92 Å². The predicted molar refractivity (Wildman–Crippen MR) is 70.9 cm³/mol. The lowest BCUT2D eigenvalue weighted by atomic mass is 10.1. The molecule has 0 aliphatic heterocycles. The van der Waals surface area contributed by atoms with Crippen molar-refractivity contribution >= 4 is 28.2 Å². The van der Waals surface area contributed by atoms with E-state index in [1.807, 2.05) is 36.4 Å². The zero-order chi connectivity index (χ0) is 13.1. The van der Waals surface area contributed by atoms with Crippen molar-refractivity contribution in [3.05, 3.63) is 42.5 Å². The minimum atomic E-state index is -0.405. The maximum absolute atomic E-state index is 11.7. The summed E-state index contributed by atoms with van der Waals surface area (Å²) in [5.74, 6) is 5.11.